The van der Waals surface area contributed by atoms with Crippen molar-refractivity contribution >= 4 is 43.2 Å². The number of hydrogen-bond donors (Lipinski definition) is 1. The number of rotatable bonds is 13. The van der Waals surface area contributed by atoms with Gasteiger partial charge in [0.25, 0.3) is 0 Å². The van der Waals surface area contributed by atoms with E-state index in [0.717, 1.165) is 53.4 Å². The normalized spacial score (nSPS) is 23.1. The first-order chi connectivity index (χ1) is 23.0. The monoisotopic (exact) mass is 750 g/mol. The molecule has 0 saturated heterocycles. The van der Waals surface area contributed by atoms with Crippen molar-refractivity contribution < 1.29 is 60.4 Å². The van der Waals surface area contributed by atoms with Crippen LogP contribution in [0.1, 0.15) is 83.8 Å². The molecule has 5 rings (SSSR count). The summed E-state index contributed by atoms with van der Waals surface area (Å²) in [6, 6.07) is 16.8. The number of allylic oxidation sites excluding steroid dienone is 7. The Morgan fingerprint density at radius 1 is 0.860 bits per heavy atom. The molecule has 2 aromatic rings. The number of fused-ring (bicyclic) bond motifs is 2. The SMILES string of the molecule is CC1(C)/C(=C\C=C2/CCCC(/C=C/C3[NH+](CCCCS(=O)(=O)[O-])c4ccccc4C3(C)C)=C2Cl)N(CCCCS(=O)(=O)[O-])c2ccccc21.[Na+]. The Morgan fingerprint density at radius 3 is 2.16 bits per heavy atom. The summed E-state index contributed by atoms with van der Waals surface area (Å²) in [6.45, 7) is 10.2. The minimum atomic E-state index is -4.25. The Bertz CT molecular complexity index is 1900. The van der Waals surface area contributed by atoms with Gasteiger partial charge in [0.15, 0.2) is 0 Å². The minimum absolute atomic E-state index is 0. The predicted molar refractivity (Wildman–Crippen MR) is 195 cm³/mol. The second kappa shape index (κ2) is 16.5. The molecule has 2 heterocycles. The van der Waals surface area contributed by atoms with Crippen LogP contribution in [0.5, 0.6) is 0 Å². The third kappa shape index (κ3) is 9.43. The first-order valence-electron chi connectivity index (χ1n) is 17.2. The van der Waals surface area contributed by atoms with E-state index in [1.54, 1.807) is 0 Å². The van der Waals surface area contributed by atoms with Crippen LogP contribution in [0.3, 0.4) is 0 Å². The standard InChI is InChI=1S/C38H49ClN2O6S2.Na/c1-37(2)30-16-5-7-18-32(30)40(24-9-11-26-48(42,43)44)34(37)22-20-28-14-13-15-29(36(28)39)21-23-35-38(3,4)31-17-6-8-19-33(31)41(35)25-10-12-27-49(45,46)47;/h5-8,16-23,34H,9-15,24-27H2,1-4H3,(H,42,43,44)(H,45,46,47);/q;+1/p-1/b22-20+,29-21+,35-23+;. The van der Waals surface area contributed by atoms with Crippen molar-refractivity contribution in [1.82, 2.24) is 0 Å². The van der Waals surface area contributed by atoms with Gasteiger partial charge in [0, 0.05) is 45.4 Å². The molecule has 2 unspecified atom stereocenters. The maximum absolute atomic E-state index is 11.2. The van der Waals surface area contributed by atoms with E-state index >= 15 is 0 Å². The summed E-state index contributed by atoms with van der Waals surface area (Å²) < 4.78 is 67.2. The number of halogens is 1. The van der Waals surface area contributed by atoms with Gasteiger partial charge in [-0.25, -0.2) is 16.8 Å². The Labute approximate surface area is 326 Å². The molecule has 8 nitrogen and oxygen atoms in total. The molecule has 2 aromatic carbocycles. The van der Waals surface area contributed by atoms with Gasteiger partial charge in [-0.2, -0.15) is 0 Å². The van der Waals surface area contributed by atoms with E-state index in [2.05, 4.69) is 87.2 Å². The van der Waals surface area contributed by atoms with Crippen LogP contribution in [0.25, 0.3) is 0 Å². The van der Waals surface area contributed by atoms with Gasteiger partial charge in [0.1, 0.15) is 11.7 Å². The van der Waals surface area contributed by atoms with Crippen LogP contribution in [-0.2, 0) is 31.1 Å². The quantitative estimate of drug-likeness (QED) is 0.189. The molecular formula is C38H48ClN2NaO6S2. The zero-order valence-electron chi connectivity index (χ0n) is 29.9. The van der Waals surface area contributed by atoms with E-state index in [9.17, 15) is 25.9 Å². The van der Waals surface area contributed by atoms with Gasteiger partial charge in [0.2, 0.25) is 0 Å². The van der Waals surface area contributed by atoms with Crippen molar-refractivity contribution in [3.05, 3.63) is 106 Å². The first kappa shape index (κ1) is 41.0. The van der Waals surface area contributed by atoms with Crippen molar-refractivity contribution in [3.8, 4) is 0 Å². The predicted octanol–water partition coefficient (Wildman–Crippen LogP) is 3.36. The molecule has 2 atom stereocenters. The molecule has 1 aliphatic carbocycles. The van der Waals surface area contributed by atoms with Crippen molar-refractivity contribution in [3.63, 3.8) is 0 Å². The minimum Gasteiger partial charge on any atom is -0.748 e. The smallest absolute Gasteiger partial charge is 0.748 e. The Morgan fingerprint density at radius 2 is 1.48 bits per heavy atom. The summed E-state index contributed by atoms with van der Waals surface area (Å²) >= 11 is 7.14. The fraction of sp³-hybridized carbons (Fsp3) is 0.474. The van der Waals surface area contributed by atoms with Gasteiger partial charge in [-0.05, 0) is 99.8 Å². The van der Waals surface area contributed by atoms with E-state index in [4.69, 9.17) is 11.6 Å². The molecule has 2 aliphatic heterocycles. The molecule has 0 amide bonds. The van der Waals surface area contributed by atoms with Crippen LogP contribution < -0.4 is 39.4 Å². The van der Waals surface area contributed by atoms with E-state index in [0.29, 0.717) is 32.2 Å². The largest absolute Gasteiger partial charge is 1.00 e. The summed E-state index contributed by atoms with van der Waals surface area (Å²) in [6.07, 6.45) is 13.3. The molecule has 50 heavy (non-hydrogen) atoms. The van der Waals surface area contributed by atoms with E-state index in [1.807, 2.05) is 18.2 Å². The van der Waals surface area contributed by atoms with Crippen LogP contribution in [0, 0.1) is 0 Å². The van der Waals surface area contributed by atoms with Gasteiger partial charge >= 0.3 is 29.6 Å². The van der Waals surface area contributed by atoms with Gasteiger partial charge in [-0.15, -0.1) is 0 Å². The second-order valence-electron chi connectivity index (χ2n) is 14.5. The molecule has 3 aliphatic rings. The van der Waals surface area contributed by atoms with Crippen molar-refractivity contribution in [2.24, 2.45) is 0 Å². The summed E-state index contributed by atoms with van der Waals surface area (Å²) in [5.74, 6) is -0.701. The third-order valence-corrected chi connectivity index (χ3v) is 12.5. The molecule has 1 N–H and O–H groups in total. The topological polar surface area (TPSA) is 122 Å². The maximum atomic E-state index is 11.2. The van der Waals surface area contributed by atoms with Crippen molar-refractivity contribution in [2.75, 3.05) is 29.5 Å². The number of hydrogen-bond acceptors (Lipinski definition) is 7. The molecule has 0 saturated carbocycles. The number of anilines is 1. The van der Waals surface area contributed by atoms with E-state index < -0.39 is 20.2 Å². The molecule has 0 fully saturated rings. The van der Waals surface area contributed by atoms with Gasteiger partial charge in [-0.3, -0.25) is 4.90 Å². The number of unbranched alkanes of at least 4 members (excludes halogenated alkanes) is 2. The Hall–Kier alpha value is -1.73. The van der Waals surface area contributed by atoms with Crippen LogP contribution in [-0.4, -0.2) is 56.6 Å². The van der Waals surface area contributed by atoms with Crippen molar-refractivity contribution in [2.45, 2.75) is 89.5 Å². The molecule has 0 bridgehead atoms. The summed E-state index contributed by atoms with van der Waals surface area (Å²) in [5.41, 5.74) is 7.60. The van der Waals surface area contributed by atoms with Gasteiger partial charge in [0.05, 0.1) is 32.2 Å². The van der Waals surface area contributed by atoms with Crippen molar-refractivity contribution in [1.29, 1.82) is 0 Å². The van der Waals surface area contributed by atoms with Crippen LogP contribution in [0.4, 0.5) is 11.4 Å². The summed E-state index contributed by atoms with van der Waals surface area (Å²) in [7, 11) is -8.48. The second-order valence-corrected chi connectivity index (χ2v) is 18.0. The number of nitrogens with one attached hydrogen (secondary N) is 1. The molecule has 0 radical (unpaired) electrons. The first-order valence-corrected chi connectivity index (χ1v) is 20.7. The third-order valence-electron chi connectivity index (χ3n) is 10.4. The molecule has 0 aromatic heterocycles. The summed E-state index contributed by atoms with van der Waals surface area (Å²) in [4.78, 5) is 3.51. The van der Waals surface area contributed by atoms with E-state index in [-0.39, 0.29) is 57.9 Å². The number of para-hydroxylation sites is 2. The fourth-order valence-corrected chi connectivity index (χ4v) is 9.30. The van der Waals surface area contributed by atoms with E-state index in [1.165, 1.54) is 21.7 Å². The zero-order chi connectivity index (χ0) is 35.6. The fourth-order valence-electron chi connectivity index (χ4n) is 7.87. The molecule has 12 heteroatoms. The molecule has 0 spiro atoms. The number of benzene rings is 2. The van der Waals surface area contributed by atoms with Crippen LogP contribution in [0.15, 0.2) is 94.7 Å². The zero-order valence-corrected chi connectivity index (χ0v) is 34.3. The Kier molecular flexibility index (Phi) is 13.6. The molecular weight excluding hydrogens is 703 g/mol. The van der Waals surface area contributed by atoms with Gasteiger partial charge in [-0.1, -0.05) is 74.0 Å². The maximum Gasteiger partial charge on any atom is 1.00 e. The molecule has 266 valence electrons. The average molecular weight is 751 g/mol. The number of quaternary nitrogens is 1. The van der Waals surface area contributed by atoms with Crippen LogP contribution in [0.2, 0.25) is 0 Å². The summed E-state index contributed by atoms with van der Waals surface area (Å²) in [5, 5.41) is 0.760. The van der Waals surface area contributed by atoms with Crippen LogP contribution >= 0.6 is 11.6 Å². The number of nitrogens with zero attached hydrogens (tertiary/aromatic N) is 1. The van der Waals surface area contributed by atoms with Gasteiger partial charge < -0.3 is 14.0 Å². The Balaban J connectivity index is 0.00000562. The average Bonchev–Trinajstić information content (AvgIpc) is 3.37.